The second-order valence-electron chi connectivity index (χ2n) is 3.79. The van der Waals surface area contributed by atoms with Gasteiger partial charge >= 0.3 is 0 Å². The molecule has 17 heavy (non-hydrogen) atoms. The molecule has 0 unspecified atom stereocenters. The van der Waals surface area contributed by atoms with Gasteiger partial charge in [-0.2, -0.15) is 0 Å². The van der Waals surface area contributed by atoms with Crippen molar-refractivity contribution in [2.75, 3.05) is 19.7 Å². The number of amides is 1. The number of hydrogen-bond donors (Lipinski definition) is 2. The third kappa shape index (κ3) is 3.49. The number of benzene rings is 1. The Bertz CT molecular complexity index is 422. The van der Waals surface area contributed by atoms with Gasteiger partial charge in [0.1, 0.15) is 5.75 Å². The van der Waals surface area contributed by atoms with Gasteiger partial charge in [-0.1, -0.05) is 23.2 Å². The van der Waals surface area contributed by atoms with Gasteiger partial charge in [-0.15, -0.1) is 0 Å². The molecule has 4 nitrogen and oxygen atoms in total. The lowest BCUT2D eigenvalue weighted by Crippen LogP contribution is -2.57. The molecule has 0 bridgehead atoms. The average Bonchev–Trinajstić information content (AvgIpc) is 2.22. The summed E-state index contributed by atoms with van der Waals surface area (Å²) < 4.78 is 5.30. The van der Waals surface area contributed by atoms with Crippen molar-refractivity contribution in [2.24, 2.45) is 0 Å². The van der Waals surface area contributed by atoms with E-state index in [1.54, 1.807) is 18.2 Å². The van der Waals surface area contributed by atoms with Crippen LogP contribution in [0, 0.1) is 0 Å². The molecule has 1 aromatic rings. The van der Waals surface area contributed by atoms with Crippen LogP contribution in [0.25, 0.3) is 0 Å². The Morgan fingerprint density at radius 2 is 2.24 bits per heavy atom. The molecular formula is C11H12Cl2N2O2. The third-order valence-corrected chi connectivity index (χ3v) is 2.93. The van der Waals surface area contributed by atoms with Crippen LogP contribution in [0.2, 0.25) is 10.0 Å². The molecule has 0 atom stereocenters. The van der Waals surface area contributed by atoms with Crippen molar-refractivity contribution in [3.8, 4) is 5.75 Å². The van der Waals surface area contributed by atoms with Crippen LogP contribution in [0.3, 0.4) is 0 Å². The Hall–Kier alpha value is -0.970. The average molecular weight is 275 g/mol. The summed E-state index contributed by atoms with van der Waals surface area (Å²) in [6.45, 7) is 1.58. The molecule has 1 fully saturated rings. The molecule has 1 amide bonds. The fourth-order valence-electron chi connectivity index (χ4n) is 1.40. The minimum absolute atomic E-state index is 0.0438. The van der Waals surface area contributed by atoms with Gasteiger partial charge in [0.25, 0.3) is 5.91 Å². The van der Waals surface area contributed by atoms with Crippen LogP contribution in [0.1, 0.15) is 0 Å². The Kier molecular flexibility index (Phi) is 4.10. The smallest absolute Gasteiger partial charge is 0.258 e. The van der Waals surface area contributed by atoms with Crippen LogP contribution in [0.5, 0.6) is 5.75 Å². The third-order valence-electron chi connectivity index (χ3n) is 2.40. The molecule has 92 valence electrons. The quantitative estimate of drug-likeness (QED) is 0.874. The molecule has 2 N–H and O–H groups in total. The van der Waals surface area contributed by atoms with Gasteiger partial charge in [0.2, 0.25) is 0 Å². The zero-order valence-electron chi connectivity index (χ0n) is 9.00. The SMILES string of the molecule is O=C(COc1ccc(Cl)cc1Cl)NC1CNC1. The van der Waals surface area contributed by atoms with E-state index in [9.17, 15) is 4.79 Å². The summed E-state index contributed by atoms with van der Waals surface area (Å²) in [4.78, 5) is 11.5. The number of carbonyl (C=O) groups excluding carboxylic acids is 1. The summed E-state index contributed by atoms with van der Waals surface area (Å²) in [5.41, 5.74) is 0. The van der Waals surface area contributed by atoms with Gasteiger partial charge in [-0.3, -0.25) is 4.79 Å². The highest BCUT2D eigenvalue weighted by molar-refractivity contribution is 6.35. The lowest BCUT2D eigenvalue weighted by Gasteiger charge is -2.27. The van der Waals surface area contributed by atoms with E-state index in [-0.39, 0.29) is 18.6 Å². The van der Waals surface area contributed by atoms with Crippen molar-refractivity contribution in [1.82, 2.24) is 10.6 Å². The minimum Gasteiger partial charge on any atom is -0.482 e. The van der Waals surface area contributed by atoms with Gasteiger partial charge < -0.3 is 15.4 Å². The summed E-state index contributed by atoms with van der Waals surface area (Å²) in [5, 5.41) is 6.82. The molecule has 0 spiro atoms. The van der Waals surface area contributed by atoms with Crippen molar-refractivity contribution in [3.05, 3.63) is 28.2 Å². The summed E-state index contributed by atoms with van der Waals surface area (Å²) in [5.74, 6) is 0.306. The fraction of sp³-hybridized carbons (Fsp3) is 0.364. The van der Waals surface area contributed by atoms with Gasteiger partial charge in [0.15, 0.2) is 6.61 Å². The molecule has 0 aromatic heterocycles. The van der Waals surface area contributed by atoms with E-state index in [0.29, 0.717) is 15.8 Å². The van der Waals surface area contributed by atoms with Crippen molar-refractivity contribution in [2.45, 2.75) is 6.04 Å². The van der Waals surface area contributed by atoms with Crippen molar-refractivity contribution in [1.29, 1.82) is 0 Å². The number of nitrogens with one attached hydrogen (secondary N) is 2. The Morgan fingerprint density at radius 3 is 2.82 bits per heavy atom. The first-order chi connectivity index (χ1) is 8.15. The molecule has 1 heterocycles. The van der Waals surface area contributed by atoms with Crippen molar-refractivity contribution < 1.29 is 9.53 Å². The van der Waals surface area contributed by atoms with Crippen molar-refractivity contribution in [3.63, 3.8) is 0 Å². The van der Waals surface area contributed by atoms with Crippen LogP contribution in [-0.4, -0.2) is 31.6 Å². The first kappa shape index (κ1) is 12.5. The van der Waals surface area contributed by atoms with Crippen LogP contribution in [0.4, 0.5) is 0 Å². The van der Waals surface area contributed by atoms with E-state index in [0.717, 1.165) is 13.1 Å². The molecular weight excluding hydrogens is 263 g/mol. The van der Waals surface area contributed by atoms with Crippen LogP contribution >= 0.6 is 23.2 Å². The zero-order chi connectivity index (χ0) is 12.3. The Morgan fingerprint density at radius 1 is 1.47 bits per heavy atom. The highest BCUT2D eigenvalue weighted by Crippen LogP contribution is 2.27. The maximum absolute atomic E-state index is 11.5. The number of halogens is 2. The summed E-state index contributed by atoms with van der Waals surface area (Å²) >= 11 is 11.7. The first-order valence-electron chi connectivity index (χ1n) is 5.23. The van der Waals surface area contributed by atoms with Crippen LogP contribution < -0.4 is 15.4 Å². The summed E-state index contributed by atoms with van der Waals surface area (Å²) in [6.07, 6.45) is 0. The second-order valence-corrected chi connectivity index (χ2v) is 4.63. The van der Waals surface area contributed by atoms with E-state index in [2.05, 4.69) is 10.6 Å². The lowest BCUT2D eigenvalue weighted by atomic mass is 10.2. The van der Waals surface area contributed by atoms with E-state index in [4.69, 9.17) is 27.9 Å². The van der Waals surface area contributed by atoms with E-state index < -0.39 is 0 Å². The van der Waals surface area contributed by atoms with Crippen molar-refractivity contribution >= 4 is 29.1 Å². The lowest BCUT2D eigenvalue weighted by molar-refractivity contribution is -0.124. The number of carbonyl (C=O) groups is 1. The molecule has 1 aliphatic rings. The summed E-state index contributed by atoms with van der Waals surface area (Å²) in [6, 6.07) is 5.10. The largest absolute Gasteiger partial charge is 0.482 e. The van der Waals surface area contributed by atoms with Gasteiger partial charge in [0, 0.05) is 18.1 Å². The number of rotatable bonds is 4. The fourth-order valence-corrected chi connectivity index (χ4v) is 1.86. The second kappa shape index (κ2) is 5.58. The maximum atomic E-state index is 11.5. The molecule has 1 aromatic carbocycles. The first-order valence-corrected chi connectivity index (χ1v) is 5.98. The molecule has 1 saturated heterocycles. The topological polar surface area (TPSA) is 50.4 Å². The molecule has 0 saturated carbocycles. The Balaban J connectivity index is 1.82. The highest BCUT2D eigenvalue weighted by atomic mass is 35.5. The van der Waals surface area contributed by atoms with Gasteiger partial charge in [-0.05, 0) is 18.2 Å². The van der Waals surface area contributed by atoms with Gasteiger partial charge in [0.05, 0.1) is 11.1 Å². The molecule has 0 radical (unpaired) electrons. The molecule has 0 aliphatic carbocycles. The van der Waals surface area contributed by atoms with E-state index in [1.165, 1.54) is 0 Å². The standard InChI is InChI=1S/C11H12Cl2N2O2/c12-7-1-2-10(9(13)3-7)17-6-11(16)15-8-4-14-5-8/h1-3,8,14H,4-6H2,(H,15,16). The predicted molar refractivity (Wildman–Crippen MR) is 66.8 cm³/mol. The number of ether oxygens (including phenoxy) is 1. The highest BCUT2D eigenvalue weighted by Gasteiger charge is 2.18. The predicted octanol–water partition coefficient (Wildman–Crippen LogP) is 1.46. The maximum Gasteiger partial charge on any atom is 0.258 e. The van der Waals surface area contributed by atoms with Crippen LogP contribution in [0.15, 0.2) is 18.2 Å². The normalized spacial score (nSPS) is 15.2. The number of hydrogen-bond acceptors (Lipinski definition) is 3. The van der Waals surface area contributed by atoms with E-state index in [1.807, 2.05) is 0 Å². The zero-order valence-corrected chi connectivity index (χ0v) is 10.5. The van der Waals surface area contributed by atoms with Gasteiger partial charge in [-0.25, -0.2) is 0 Å². The molecule has 6 heteroatoms. The van der Waals surface area contributed by atoms with E-state index >= 15 is 0 Å². The summed E-state index contributed by atoms with van der Waals surface area (Å²) in [7, 11) is 0. The van der Waals surface area contributed by atoms with Crippen LogP contribution in [-0.2, 0) is 4.79 Å². The Labute approximate surface area is 109 Å². The molecule has 1 aliphatic heterocycles. The minimum atomic E-state index is -0.150. The monoisotopic (exact) mass is 274 g/mol. The molecule has 2 rings (SSSR count).